The number of benzene rings is 1. The number of nitrogens with one attached hydrogen (secondary N) is 3. The van der Waals surface area contributed by atoms with Crippen LogP contribution in [0, 0.1) is 13.8 Å². The zero-order valence-electron chi connectivity index (χ0n) is 19.0. The molecule has 0 aliphatic carbocycles. The Morgan fingerprint density at radius 2 is 1.91 bits per heavy atom. The molecule has 0 saturated carbocycles. The average molecular weight is 439 g/mol. The lowest BCUT2D eigenvalue weighted by Crippen LogP contribution is -2.30. The molecule has 0 unspecified atom stereocenters. The van der Waals surface area contributed by atoms with E-state index in [0.29, 0.717) is 40.3 Å². The SMILES string of the molecule is CCN(CC)CCCNC(=O)c1c(C)[nH]c(/C=C2\C(=O)Nc3cccc(C(=O)O)c32)c1C. The molecule has 1 aromatic carbocycles. The van der Waals surface area contributed by atoms with Gasteiger partial charge >= 0.3 is 5.97 Å². The number of nitrogens with zero attached hydrogens (tertiary/aromatic N) is 1. The number of anilines is 1. The minimum absolute atomic E-state index is 0.0548. The second kappa shape index (κ2) is 9.82. The van der Waals surface area contributed by atoms with Gasteiger partial charge in [-0.05, 0) is 63.7 Å². The van der Waals surface area contributed by atoms with Crippen LogP contribution in [0.4, 0.5) is 5.69 Å². The van der Waals surface area contributed by atoms with Crippen LogP contribution in [0.2, 0.25) is 0 Å². The molecule has 2 aromatic rings. The summed E-state index contributed by atoms with van der Waals surface area (Å²) in [6.45, 7) is 11.3. The summed E-state index contributed by atoms with van der Waals surface area (Å²) in [5.74, 6) is -1.64. The van der Waals surface area contributed by atoms with E-state index >= 15 is 0 Å². The molecule has 1 aromatic heterocycles. The monoisotopic (exact) mass is 438 g/mol. The molecule has 4 N–H and O–H groups in total. The molecule has 3 rings (SSSR count). The minimum atomic E-state index is -1.10. The zero-order valence-corrected chi connectivity index (χ0v) is 19.0. The maximum atomic E-state index is 12.8. The zero-order chi connectivity index (χ0) is 23.4. The third-order valence-electron chi connectivity index (χ3n) is 5.88. The predicted molar refractivity (Wildman–Crippen MR) is 125 cm³/mol. The molecule has 0 spiro atoms. The van der Waals surface area contributed by atoms with Gasteiger partial charge in [0, 0.05) is 29.2 Å². The van der Waals surface area contributed by atoms with Crippen LogP contribution in [-0.2, 0) is 4.79 Å². The van der Waals surface area contributed by atoms with Crippen molar-refractivity contribution in [3.63, 3.8) is 0 Å². The number of aryl methyl sites for hydroxylation is 1. The molecule has 0 radical (unpaired) electrons. The van der Waals surface area contributed by atoms with E-state index in [2.05, 4.69) is 34.4 Å². The number of aromatic amines is 1. The summed E-state index contributed by atoms with van der Waals surface area (Å²) in [4.78, 5) is 42.5. The summed E-state index contributed by atoms with van der Waals surface area (Å²) < 4.78 is 0. The molecule has 0 saturated heterocycles. The Morgan fingerprint density at radius 1 is 1.19 bits per heavy atom. The van der Waals surface area contributed by atoms with Crippen LogP contribution in [-0.4, -0.2) is 59.0 Å². The van der Waals surface area contributed by atoms with Crippen LogP contribution in [0.1, 0.15) is 63.5 Å². The first kappa shape index (κ1) is 23.3. The first-order chi connectivity index (χ1) is 15.3. The fourth-order valence-electron chi connectivity index (χ4n) is 4.10. The van der Waals surface area contributed by atoms with Crippen LogP contribution in [0.5, 0.6) is 0 Å². The lowest BCUT2D eigenvalue weighted by molar-refractivity contribution is -0.110. The van der Waals surface area contributed by atoms with Crippen molar-refractivity contribution >= 4 is 35.1 Å². The number of carboxylic acids is 1. The Kier molecular flexibility index (Phi) is 7.15. The quantitative estimate of drug-likeness (QED) is 0.354. The van der Waals surface area contributed by atoms with Gasteiger partial charge in [0.2, 0.25) is 0 Å². The Labute approximate surface area is 187 Å². The van der Waals surface area contributed by atoms with Crippen molar-refractivity contribution in [1.82, 2.24) is 15.2 Å². The number of carbonyl (C=O) groups excluding carboxylic acids is 2. The van der Waals surface area contributed by atoms with E-state index in [0.717, 1.165) is 26.1 Å². The van der Waals surface area contributed by atoms with Gasteiger partial charge < -0.3 is 25.6 Å². The van der Waals surface area contributed by atoms with Crippen LogP contribution in [0.15, 0.2) is 18.2 Å². The molecule has 8 nitrogen and oxygen atoms in total. The number of rotatable bonds is 9. The second-order valence-electron chi connectivity index (χ2n) is 7.85. The molecule has 0 atom stereocenters. The van der Waals surface area contributed by atoms with Gasteiger partial charge in [0.15, 0.2) is 0 Å². The van der Waals surface area contributed by atoms with E-state index in [1.807, 2.05) is 13.8 Å². The summed E-state index contributed by atoms with van der Waals surface area (Å²) >= 11 is 0. The highest BCUT2D eigenvalue weighted by molar-refractivity contribution is 6.36. The van der Waals surface area contributed by atoms with Crippen molar-refractivity contribution in [2.75, 3.05) is 31.5 Å². The van der Waals surface area contributed by atoms with Gasteiger partial charge in [0.1, 0.15) is 0 Å². The molecule has 2 amide bonds. The number of carboxylic acid groups (broad SMARTS) is 1. The van der Waals surface area contributed by atoms with E-state index in [1.165, 1.54) is 6.07 Å². The lowest BCUT2D eigenvalue weighted by atomic mass is 9.98. The van der Waals surface area contributed by atoms with E-state index in [1.54, 1.807) is 18.2 Å². The van der Waals surface area contributed by atoms with E-state index in [-0.39, 0.29) is 23.0 Å². The summed E-state index contributed by atoms with van der Waals surface area (Å²) in [5, 5.41) is 15.2. The van der Waals surface area contributed by atoms with Gasteiger partial charge in [0.25, 0.3) is 11.8 Å². The first-order valence-electron chi connectivity index (χ1n) is 10.9. The summed E-state index contributed by atoms with van der Waals surface area (Å²) in [7, 11) is 0. The Balaban J connectivity index is 1.83. The van der Waals surface area contributed by atoms with Gasteiger partial charge in [-0.2, -0.15) is 0 Å². The average Bonchev–Trinajstić information content (AvgIpc) is 3.23. The molecule has 170 valence electrons. The minimum Gasteiger partial charge on any atom is -0.478 e. The largest absolute Gasteiger partial charge is 0.478 e. The van der Waals surface area contributed by atoms with Crippen molar-refractivity contribution < 1.29 is 19.5 Å². The highest BCUT2D eigenvalue weighted by atomic mass is 16.4. The van der Waals surface area contributed by atoms with Crippen LogP contribution >= 0.6 is 0 Å². The Bertz CT molecular complexity index is 1080. The smallest absolute Gasteiger partial charge is 0.336 e. The topological polar surface area (TPSA) is 115 Å². The van der Waals surface area contributed by atoms with Gasteiger partial charge in [-0.3, -0.25) is 9.59 Å². The third-order valence-corrected chi connectivity index (χ3v) is 5.88. The van der Waals surface area contributed by atoms with Gasteiger partial charge in [-0.15, -0.1) is 0 Å². The van der Waals surface area contributed by atoms with Gasteiger partial charge in [-0.1, -0.05) is 19.9 Å². The van der Waals surface area contributed by atoms with Crippen molar-refractivity contribution in [3.8, 4) is 0 Å². The highest BCUT2D eigenvalue weighted by Crippen LogP contribution is 2.36. The van der Waals surface area contributed by atoms with Crippen molar-refractivity contribution in [3.05, 3.63) is 51.8 Å². The Hall–Kier alpha value is -3.39. The van der Waals surface area contributed by atoms with Gasteiger partial charge in [0.05, 0.1) is 16.7 Å². The number of aromatic nitrogens is 1. The highest BCUT2D eigenvalue weighted by Gasteiger charge is 2.29. The van der Waals surface area contributed by atoms with E-state index < -0.39 is 5.97 Å². The molecule has 0 bridgehead atoms. The maximum absolute atomic E-state index is 12.8. The number of hydrogen-bond acceptors (Lipinski definition) is 4. The first-order valence-corrected chi connectivity index (χ1v) is 10.9. The maximum Gasteiger partial charge on any atom is 0.336 e. The van der Waals surface area contributed by atoms with Gasteiger partial charge in [-0.25, -0.2) is 4.79 Å². The van der Waals surface area contributed by atoms with Crippen molar-refractivity contribution in [2.45, 2.75) is 34.1 Å². The molecular formula is C24H30N4O4. The Morgan fingerprint density at radius 3 is 2.56 bits per heavy atom. The number of fused-ring (bicyclic) bond motifs is 1. The standard InChI is InChI=1S/C24H30N4O4/c1-5-28(6-2)12-8-11-25-23(30)20-14(3)19(26-15(20)4)13-17-21-16(24(31)32)9-7-10-18(21)27-22(17)29/h7,9-10,13,26H,5-6,8,11-12H2,1-4H3,(H,25,30)(H,27,29)(H,31,32)/b17-13-. The molecule has 1 aliphatic rings. The number of carbonyl (C=O) groups is 3. The molecule has 1 aliphatic heterocycles. The molecule has 32 heavy (non-hydrogen) atoms. The number of amides is 2. The van der Waals surface area contributed by atoms with Crippen molar-refractivity contribution in [1.29, 1.82) is 0 Å². The fraction of sp³-hybridized carbons (Fsp3) is 0.375. The molecular weight excluding hydrogens is 408 g/mol. The van der Waals surface area contributed by atoms with E-state index in [4.69, 9.17) is 0 Å². The molecule has 8 heteroatoms. The summed E-state index contributed by atoms with van der Waals surface area (Å²) in [5.41, 5.74) is 3.70. The van der Waals surface area contributed by atoms with Crippen LogP contribution in [0.3, 0.4) is 0 Å². The summed E-state index contributed by atoms with van der Waals surface area (Å²) in [6.07, 6.45) is 2.48. The summed E-state index contributed by atoms with van der Waals surface area (Å²) in [6, 6.07) is 4.74. The third kappa shape index (κ3) is 4.60. The van der Waals surface area contributed by atoms with E-state index in [9.17, 15) is 19.5 Å². The number of hydrogen-bond donors (Lipinski definition) is 4. The lowest BCUT2D eigenvalue weighted by Gasteiger charge is -2.17. The molecule has 2 heterocycles. The normalized spacial score (nSPS) is 14.0. The van der Waals surface area contributed by atoms with Crippen LogP contribution in [0.25, 0.3) is 11.6 Å². The number of aromatic carboxylic acids is 1. The molecule has 0 fully saturated rings. The number of H-pyrrole nitrogens is 1. The predicted octanol–water partition coefficient (Wildman–Crippen LogP) is 3.28. The van der Waals surface area contributed by atoms with Crippen molar-refractivity contribution in [2.24, 2.45) is 0 Å². The van der Waals surface area contributed by atoms with Crippen LogP contribution < -0.4 is 10.6 Å². The second-order valence-corrected chi connectivity index (χ2v) is 7.85. The fourth-order valence-corrected chi connectivity index (χ4v) is 4.10.